The molecule has 0 spiro atoms. The number of ether oxygens (including phenoxy) is 1. The lowest BCUT2D eigenvalue weighted by Crippen LogP contribution is -2.21. The van der Waals surface area contributed by atoms with E-state index in [1.807, 2.05) is 0 Å². The van der Waals surface area contributed by atoms with Crippen molar-refractivity contribution < 1.29 is 4.74 Å². The summed E-state index contributed by atoms with van der Waals surface area (Å²) < 4.78 is 5.21. The Bertz CT molecular complexity index is 402. The van der Waals surface area contributed by atoms with E-state index in [9.17, 15) is 0 Å². The van der Waals surface area contributed by atoms with Crippen LogP contribution in [-0.2, 0) is 24.2 Å². The van der Waals surface area contributed by atoms with Gasteiger partial charge in [0.2, 0.25) is 0 Å². The molecule has 1 aromatic carbocycles. The first-order valence-corrected chi connectivity index (χ1v) is 7.03. The molecule has 0 fully saturated rings. The Morgan fingerprint density at radius 3 is 2.72 bits per heavy atom. The molecule has 0 unspecified atom stereocenters. The largest absolute Gasteiger partial charge is 0.380 e. The molecular formula is C16H25NO. The third-order valence-electron chi connectivity index (χ3n) is 4.37. The van der Waals surface area contributed by atoms with E-state index in [1.165, 1.54) is 42.4 Å². The molecule has 0 heterocycles. The van der Waals surface area contributed by atoms with Crippen LogP contribution in [0.3, 0.4) is 0 Å². The third-order valence-corrected chi connectivity index (χ3v) is 4.37. The first-order valence-electron chi connectivity index (χ1n) is 7.03. The minimum Gasteiger partial charge on any atom is -0.380 e. The van der Waals surface area contributed by atoms with E-state index in [4.69, 9.17) is 10.5 Å². The van der Waals surface area contributed by atoms with E-state index in [1.54, 1.807) is 7.11 Å². The molecule has 2 rings (SSSR count). The Kier molecular flexibility index (Phi) is 4.41. The maximum atomic E-state index is 5.67. The molecule has 2 heteroatoms. The lowest BCUT2D eigenvalue weighted by molar-refractivity contribution is 0.185. The van der Waals surface area contributed by atoms with E-state index in [0.717, 1.165) is 19.6 Å². The van der Waals surface area contributed by atoms with Gasteiger partial charge in [-0.15, -0.1) is 0 Å². The lowest BCUT2D eigenvalue weighted by atomic mass is 9.78. The van der Waals surface area contributed by atoms with Gasteiger partial charge in [-0.1, -0.05) is 25.1 Å². The molecule has 0 bridgehead atoms. The standard InChI is InChI=1S/C16H25NO/c1-3-16(7-4-8-17)10-14-6-5-13(12-18-2)9-15(14)11-16/h5-6,9H,3-4,7-8,10-12,17H2,1-2H3/t16-/m1/s1. The van der Waals surface area contributed by atoms with Gasteiger partial charge in [-0.25, -0.2) is 0 Å². The predicted octanol–water partition coefficient (Wildman–Crippen LogP) is 3.07. The fourth-order valence-electron chi connectivity index (χ4n) is 3.22. The molecule has 0 aromatic heterocycles. The summed E-state index contributed by atoms with van der Waals surface area (Å²) in [5, 5.41) is 0. The van der Waals surface area contributed by atoms with Crippen LogP contribution in [0, 0.1) is 5.41 Å². The molecule has 0 saturated carbocycles. The van der Waals surface area contributed by atoms with Crippen molar-refractivity contribution in [3.05, 3.63) is 34.9 Å². The number of rotatable bonds is 6. The van der Waals surface area contributed by atoms with Crippen LogP contribution in [0.2, 0.25) is 0 Å². The van der Waals surface area contributed by atoms with E-state index in [-0.39, 0.29) is 0 Å². The topological polar surface area (TPSA) is 35.2 Å². The van der Waals surface area contributed by atoms with Crippen molar-refractivity contribution in [3.63, 3.8) is 0 Å². The first kappa shape index (κ1) is 13.6. The van der Waals surface area contributed by atoms with Crippen LogP contribution < -0.4 is 5.73 Å². The number of methoxy groups -OCH3 is 1. The molecule has 2 N–H and O–H groups in total. The Morgan fingerprint density at radius 1 is 1.28 bits per heavy atom. The van der Waals surface area contributed by atoms with Crippen LogP contribution >= 0.6 is 0 Å². The Morgan fingerprint density at radius 2 is 2.06 bits per heavy atom. The van der Waals surface area contributed by atoms with Gasteiger partial charge in [0.25, 0.3) is 0 Å². The molecule has 1 aromatic rings. The highest BCUT2D eigenvalue weighted by atomic mass is 16.5. The number of nitrogens with two attached hydrogens (primary N) is 1. The minimum absolute atomic E-state index is 0.466. The summed E-state index contributed by atoms with van der Waals surface area (Å²) >= 11 is 0. The zero-order chi connectivity index (χ0) is 13.0. The van der Waals surface area contributed by atoms with E-state index in [2.05, 4.69) is 25.1 Å². The van der Waals surface area contributed by atoms with Crippen LogP contribution in [0.5, 0.6) is 0 Å². The molecule has 0 aliphatic heterocycles. The maximum absolute atomic E-state index is 5.67. The van der Waals surface area contributed by atoms with Crippen molar-refractivity contribution in [2.24, 2.45) is 11.1 Å². The summed E-state index contributed by atoms with van der Waals surface area (Å²) in [6, 6.07) is 6.83. The first-order chi connectivity index (χ1) is 8.73. The summed E-state index contributed by atoms with van der Waals surface area (Å²) in [6.07, 6.45) is 6.10. The normalized spacial score (nSPS) is 22.2. The molecule has 1 atom stereocenters. The predicted molar refractivity (Wildman–Crippen MR) is 75.6 cm³/mol. The summed E-state index contributed by atoms with van der Waals surface area (Å²) in [6.45, 7) is 3.85. The van der Waals surface area contributed by atoms with Crippen molar-refractivity contribution in [2.45, 2.75) is 45.6 Å². The Labute approximate surface area is 111 Å². The highest BCUT2D eigenvalue weighted by Crippen LogP contribution is 2.43. The van der Waals surface area contributed by atoms with Gasteiger partial charge < -0.3 is 10.5 Å². The van der Waals surface area contributed by atoms with Crippen LogP contribution in [0.4, 0.5) is 0 Å². The zero-order valence-electron chi connectivity index (χ0n) is 11.7. The van der Waals surface area contributed by atoms with E-state index < -0.39 is 0 Å². The minimum atomic E-state index is 0.466. The fraction of sp³-hybridized carbons (Fsp3) is 0.625. The molecular weight excluding hydrogens is 222 g/mol. The van der Waals surface area contributed by atoms with Gasteiger partial charge in [-0.05, 0) is 60.8 Å². The van der Waals surface area contributed by atoms with Crippen LogP contribution in [-0.4, -0.2) is 13.7 Å². The van der Waals surface area contributed by atoms with Gasteiger partial charge in [0.1, 0.15) is 0 Å². The SMILES string of the molecule is CC[C@@]1(CCCN)Cc2ccc(COC)cc2C1. The van der Waals surface area contributed by atoms with E-state index >= 15 is 0 Å². The van der Waals surface area contributed by atoms with Crippen LogP contribution in [0.25, 0.3) is 0 Å². The van der Waals surface area contributed by atoms with Crippen LogP contribution in [0.15, 0.2) is 18.2 Å². The van der Waals surface area contributed by atoms with Crippen molar-refractivity contribution in [3.8, 4) is 0 Å². The molecule has 100 valence electrons. The molecule has 0 saturated heterocycles. The number of hydrogen-bond acceptors (Lipinski definition) is 2. The molecule has 0 amide bonds. The van der Waals surface area contributed by atoms with Gasteiger partial charge in [-0.3, -0.25) is 0 Å². The quantitative estimate of drug-likeness (QED) is 0.838. The maximum Gasteiger partial charge on any atom is 0.0713 e. The molecule has 1 aliphatic carbocycles. The van der Waals surface area contributed by atoms with Gasteiger partial charge in [0.05, 0.1) is 6.61 Å². The molecule has 2 nitrogen and oxygen atoms in total. The second kappa shape index (κ2) is 5.85. The molecule has 1 aliphatic rings. The summed E-state index contributed by atoms with van der Waals surface area (Å²) in [4.78, 5) is 0. The third kappa shape index (κ3) is 2.76. The fourth-order valence-corrected chi connectivity index (χ4v) is 3.22. The Balaban J connectivity index is 2.14. The van der Waals surface area contributed by atoms with Gasteiger partial charge in [0.15, 0.2) is 0 Å². The van der Waals surface area contributed by atoms with Crippen LogP contribution in [0.1, 0.15) is 42.9 Å². The van der Waals surface area contributed by atoms with Crippen molar-refractivity contribution in [1.29, 1.82) is 0 Å². The average Bonchev–Trinajstić information content (AvgIpc) is 2.75. The number of hydrogen-bond donors (Lipinski definition) is 1. The van der Waals surface area contributed by atoms with Crippen molar-refractivity contribution in [1.82, 2.24) is 0 Å². The monoisotopic (exact) mass is 247 g/mol. The number of benzene rings is 1. The van der Waals surface area contributed by atoms with Gasteiger partial charge >= 0.3 is 0 Å². The van der Waals surface area contributed by atoms with Gasteiger partial charge in [-0.2, -0.15) is 0 Å². The highest BCUT2D eigenvalue weighted by Gasteiger charge is 2.34. The van der Waals surface area contributed by atoms with E-state index in [0.29, 0.717) is 5.41 Å². The lowest BCUT2D eigenvalue weighted by Gasteiger charge is -2.27. The van der Waals surface area contributed by atoms with Crippen molar-refractivity contribution in [2.75, 3.05) is 13.7 Å². The second-order valence-electron chi connectivity index (χ2n) is 5.64. The highest BCUT2D eigenvalue weighted by molar-refractivity contribution is 5.37. The number of fused-ring (bicyclic) bond motifs is 1. The smallest absolute Gasteiger partial charge is 0.0713 e. The second-order valence-corrected chi connectivity index (χ2v) is 5.64. The molecule has 18 heavy (non-hydrogen) atoms. The zero-order valence-corrected chi connectivity index (χ0v) is 11.7. The van der Waals surface area contributed by atoms with Gasteiger partial charge in [0, 0.05) is 7.11 Å². The molecule has 0 radical (unpaired) electrons. The summed E-state index contributed by atoms with van der Waals surface area (Å²) in [5.41, 5.74) is 10.5. The average molecular weight is 247 g/mol. The van der Waals surface area contributed by atoms with Crippen molar-refractivity contribution >= 4 is 0 Å². The summed E-state index contributed by atoms with van der Waals surface area (Å²) in [5.74, 6) is 0. The summed E-state index contributed by atoms with van der Waals surface area (Å²) in [7, 11) is 1.75. The Hall–Kier alpha value is -0.860.